The largest absolute Gasteiger partial charge is 0.508 e. The molecule has 0 spiro atoms. The summed E-state index contributed by atoms with van der Waals surface area (Å²) in [4.78, 5) is 50.6. The van der Waals surface area contributed by atoms with Gasteiger partial charge in [-0.25, -0.2) is 19.4 Å². The van der Waals surface area contributed by atoms with Crippen LogP contribution in [0.1, 0.15) is 28.8 Å². The monoisotopic (exact) mass is 633 g/mol. The summed E-state index contributed by atoms with van der Waals surface area (Å²) in [5.41, 5.74) is 3.52. The second-order valence-electron chi connectivity index (χ2n) is 10.9. The molecule has 0 unspecified atom stereocenters. The van der Waals surface area contributed by atoms with Gasteiger partial charge in [0, 0.05) is 30.8 Å². The average Bonchev–Trinajstić information content (AvgIpc) is 3.71. The van der Waals surface area contributed by atoms with Gasteiger partial charge < -0.3 is 14.9 Å². The average molecular weight is 634 g/mol. The van der Waals surface area contributed by atoms with E-state index < -0.39 is 12.2 Å². The standard InChI is InChI=1S/C32H32FN5O4S2/c1-2-14-36-19-29(41)37-26(16-21-8-11-23(39)12-9-21)32(42)35(17-22-10-13-25(33)31-30(22)34-20-44-31)18-27(37)38(36)28(40)7-3-5-24-6-4-15-43-24/h2,4,6,8-13,15,20,26-27,39H,1,3,5,7,14,16-19H2/t26-,27-/m0/s1. The first-order valence-corrected chi connectivity index (χ1v) is 16.2. The Hall–Kier alpha value is -4.13. The number of nitrogens with zero attached hydrogens (tertiary/aromatic N) is 5. The fourth-order valence-electron chi connectivity index (χ4n) is 6.05. The van der Waals surface area contributed by atoms with Gasteiger partial charge in [0.2, 0.25) is 17.7 Å². The SMILES string of the molecule is C=CCN1CC(=O)N2[C@@H](Cc3ccc(O)cc3)C(=O)N(Cc3ccc(F)c4scnc34)C[C@@H]2N1C(=O)CCCc1cccs1. The first kappa shape index (κ1) is 29.9. The molecule has 0 aliphatic carbocycles. The van der Waals surface area contributed by atoms with Crippen molar-refractivity contribution in [3.63, 3.8) is 0 Å². The number of hydrogen-bond acceptors (Lipinski definition) is 8. The van der Waals surface area contributed by atoms with E-state index in [0.29, 0.717) is 28.7 Å². The van der Waals surface area contributed by atoms with Crippen LogP contribution in [-0.2, 0) is 33.8 Å². The van der Waals surface area contributed by atoms with E-state index in [9.17, 15) is 23.9 Å². The van der Waals surface area contributed by atoms with Crippen LogP contribution in [0.5, 0.6) is 5.75 Å². The number of piperazine rings is 1. The molecule has 2 aliphatic heterocycles. The number of benzene rings is 2. The molecule has 2 aromatic carbocycles. The number of hydrogen-bond donors (Lipinski definition) is 1. The second-order valence-corrected chi connectivity index (χ2v) is 12.8. The van der Waals surface area contributed by atoms with Gasteiger partial charge in [0.05, 0.1) is 28.8 Å². The lowest BCUT2D eigenvalue weighted by atomic mass is 9.98. The number of aryl methyl sites for hydroxylation is 1. The number of rotatable bonds is 10. The molecule has 6 rings (SSSR count). The number of phenolic OH excluding ortho intramolecular Hbond substituents is 1. The lowest BCUT2D eigenvalue weighted by Gasteiger charge is -2.55. The molecule has 9 nitrogen and oxygen atoms in total. The summed E-state index contributed by atoms with van der Waals surface area (Å²) in [6, 6.07) is 12.7. The number of thiazole rings is 1. The molecule has 2 saturated heterocycles. The topological polar surface area (TPSA) is 97.3 Å². The molecule has 0 bridgehead atoms. The Morgan fingerprint density at radius 1 is 1.14 bits per heavy atom. The highest BCUT2D eigenvalue weighted by Gasteiger charge is 2.51. The van der Waals surface area contributed by atoms with Crippen molar-refractivity contribution in [1.29, 1.82) is 0 Å². The second kappa shape index (κ2) is 12.8. The third-order valence-electron chi connectivity index (χ3n) is 8.07. The Labute approximate surface area is 262 Å². The number of thiophene rings is 1. The fraction of sp³-hybridized carbons (Fsp3) is 0.312. The van der Waals surface area contributed by atoms with Crippen LogP contribution in [0.25, 0.3) is 10.2 Å². The van der Waals surface area contributed by atoms with Gasteiger partial charge in [-0.05, 0) is 53.6 Å². The van der Waals surface area contributed by atoms with Crippen molar-refractivity contribution in [2.75, 3.05) is 19.6 Å². The number of amides is 3. The molecule has 228 valence electrons. The highest BCUT2D eigenvalue weighted by molar-refractivity contribution is 7.16. The molecular formula is C32H32FN5O4S2. The summed E-state index contributed by atoms with van der Waals surface area (Å²) in [6.07, 6.45) is 2.82. The quantitative estimate of drug-likeness (QED) is 0.257. The Balaban J connectivity index is 1.34. The van der Waals surface area contributed by atoms with Gasteiger partial charge in [0.15, 0.2) is 0 Å². The fourth-order valence-corrected chi connectivity index (χ4v) is 7.54. The zero-order valence-corrected chi connectivity index (χ0v) is 25.6. The third kappa shape index (κ3) is 5.97. The van der Waals surface area contributed by atoms with Crippen molar-refractivity contribution in [3.05, 3.63) is 93.9 Å². The van der Waals surface area contributed by atoms with E-state index in [1.165, 1.54) is 22.3 Å². The predicted molar refractivity (Wildman–Crippen MR) is 167 cm³/mol. The first-order valence-electron chi connectivity index (χ1n) is 14.4. The van der Waals surface area contributed by atoms with Crippen LogP contribution in [0.15, 0.2) is 72.1 Å². The van der Waals surface area contributed by atoms with Gasteiger partial charge in [-0.15, -0.1) is 29.3 Å². The van der Waals surface area contributed by atoms with Gasteiger partial charge in [0.1, 0.15) is 23.8 Å². The smallest absolute Gasteiger partial charge is 0.246 e. The van der Waals surface area contributed by atoms with E-state index in [-0.39, 0.29) is 61.8 Å². The van der Waals surface area contributed by atoms with E-state index in [0.717, 1.165) is 12.0 Å². The Morgan fingerprint density at radius 3 is 2.70 bits per heavy atom. The third-order valence-corrected chi connectivity index (χ3v) is 9.84. The normalized spacial score (nSPS) is 19.1. The Bertz CT molecular complexity index is 1680. The van der Waals surface area contributed by atoms with Crippen LogP contribution in [0, 0.1) is 5.82 Å². The molecule has 0 radical (unpaired) electrons. The molecule has 12 heteroatoms. The maximum atomic E-state index is 14.5. The summed E-state index contributed by atoms with van der Waals surface area (Å²) in [6.45, 7) is 4.31. The number of phenols is 1. The van der Waals surface area contributed by atoms with Crippen molar-refractivity contribution < 1.29 is 23.9 Å². The summed E-state index contributed by atoms with van der Waals surface area (Å²) in [5.74, 6) is -0.921. The zero-order chi connectivity index (χ0) is 30.8. The van der Waals surface area contributed by atoms with Crippen molar-refractivity contribution >= 4 is 50.6 Å². The molecule has 1 N–H and O–H groups in total. The molecule has 2 aliphatic rings. The summed E-state index contributed by atoms with van der Waals surface area (Å²) in [7, 11) is 0. The number of aromatic hydroxyl groups is 1. The molecule has 2 atom stereocenters. The highest BCUT2D eigenvalue weighted by atomic mass is 32.1. The van der Waals surface area contributed by atoms with E-state index in [2.05, 4.69) is 11.6 Å². The van der Waals surface area contributed by atoms with Crippen molar-refractivity contribution in [3.8, 4) is 5.75 Å². The van der Waals surface area contributed by atoms with Gasteiger partial charge in [-0.2, -0.15) is 0 Å². The van der Waals surface area contributed by atoms with Gasteiger partial charge >= 0.3 is 0 Å². The van der Waals surface area contributed by atoms with Crippen LogP contribution < -0.4 is 0 Å². The number of aromatic nitrogens is 1. The molecule has 3 amide bonds. The van der Waals surface area contributed by atoms with E-state index in [4.69, 9.17) is 0 Å². The number of carbonyl (C=O) groups excluding carboxylic acids is 3. The van der Waals surface area contributed by atoms with Crippen molar-refractivity contribution in [2.24, 2.45) is 0 Å². The summed E-state index contributed by atoms with van der Waals surface area (Å²) < 4.78 is 14.9. The van der Waals surface area contributed by atoms with Crippen LogP contribution in [0.2, 0.25) is 0 Å². The van der Waals surface area contributed by atoms with Crippen LogP contribution in [-0.4, -0.2) is 79.5 Å². The summed E-state index contributed by atoms with van der Waals surface area (Å²) >= 11 is 2.85. The lowest BCUT2D eigenvalue weighted by molar-refractivity contribution is -0.205. The minimum atomic E-state index is -0.885. The number of hydrazine groups is 1. The first-order chi connectivity index (χ1) is 21.3. The molecule has 0 saturated carbocycles. The van der Waals surface area contributed by atoms with E-state index >= 15 is 0 Å². The van der Waals surface area contributed by atoms with Crippen LogP contribution >= 0.6 is 22.7 Å². The van der Waals surface area contributed by atoms with E-state index in [1.54, 1.807) is 73.1 Å². The maximum Gasteiger partial charge on any atom is 0.246 e. The maximum absolute atomic E-state index is 14.5. The Kier molecular flexibility index (Phi) is 8.74. The number of carbonyl (C=O) groups is 3. The lowest BCUT2D eigenvalue weighted by Crippen LogP contribution is -2.75. The van der Waals surface area contributed by atoms with Gasteiger partial charge in [0.25, 0.3) is 0 Å². The van der Waals surface area contributed by atoms with Crippen molar-refractivity contribution in [2.45, 2.75) is 44.4 Å². The number of halogens is 1. The molecule has 4 aromatic rings. The van der Waals surface area contributed by atoms with Crippen LogP contribution in [0.4, 0.5) is 4.39 Å². The molecular weight excluding hydrogens is 602 g/mol. The highest BCUT2D eigenvalue weighted by Crippen LogP contribution is 2.32. The van der Waals surface area contributed by atoms with Gasteiger partial charge in [-0.3, -0.25) is 14.4 Å². The zero-order valence-electron chi connectivity index (χ0n) is 24.0. The van der Waals surface area contributed by atoms with E-state index in [1.807, 2.05) is 17.5 Å². The predicted octanol–water partition coefficient (Wildman–Crippen LogP) is 4.58. The summed E-state index contributed by atoms with van der Waals surface area (Å²) in [5, 5.41) is 15.2. The molecule has 4 heterocycles. The van der Waals surface area contributed by atoms with Gasteiger partial charge in [-0.1, -0.05) is 30.3 Å². The molecule has 44 heavy (non-hydrogen) atoms. The van der Waals surface area contributed by atoms with Crippen LogP contribution in [0.3, 0.4) is 0 Å². The Morgan fingerprint density at radius 2 is 1.95 bits per heavy atom. The minimum absolute atomic E-state index is 0.0596. The molecule has 2 aromatic heterocycles. The van der Waals surface area contributed by atoms with Crippen molar-refractivity contribution in [1.82, 2.24) is 24.8 Å². The minimum Gasteiger partial charge on any atom is -0.508 e. The number of fused-ring (bicyclic) bond motifs is 2. The molecule has 2 fully saturated rings.